The lowest BCUT2D eigenvalue weighted by Gasteiger charge is -2.39. The molecule has 0 unspecified atom stereocenters. The van der Waals surface area contributed by atoms with Gasteiger partial charge in [0.1, 0.15) is 17.1 Å². The molecule has 4 aromatic rings. The molecule has 2 N–H and O–H groups in total. The van der Waals surface area contributed by atoms with Gasteiger partial charge in [-0.05, 0) is 48.4 Å². The molecule has 6 rings (SSSR count). The summed E-state index contributed by atoms with van der Waals surface area (Å²) in [5, 5.41) is 9.25. The number of pyridine rings is 1. The van der Waals surface area contributed by atoms with Gasteiger partial charge in [0.2, 0.25) is 0 Å². The molecule has 3 atom stereocenters. The number of sulfone groups is 1. The molecule has 1 aromatic heterocycles. The van der Waals surface area contributed by atoms with Crippen molar-refractivity contribution in [2.24, 2.45) is 5.73 Å². The van der Waals surface area contributed by atoms with Crippen LogP contribution in [0.15, 0.2) is 109 Å². The van der Waals surface area contributed by atoms with Gasteiger partial charge in [-0.15, -0.1) is 0 Å². The zero-order valence-electron chi connectivity index (χ0n) is 26.6. The Morgan fingerprint density at radius 1 is 1.00 bits per heavy atom. The van der Waals surface area contributed by atoms with Crippen molar-refractivity contribution in [3.05, 3.63) is 141 Å². The van der Waals surface area contributed by atoms with Crippen LogP contribution in [0.3, 0.4) is 0 Å². The van der Waals surface area contributed by atoms with Crippen LogP contribution in [0.2, 0.25) is 0 Å². The van der Waals surface area contributed by atoms with Gasteiger partial charge in [0.25, 0.3) is 11.6 Å². The van der Waals surface area contributed by atoms with Gasteiger partial charge in [0, 0.05) is 18.3 Å². The Kier molecular flexibility index (Phi) is 9.10. The van der Waals surface area contributed by atoms with Gasteiger partial charge < -0.3 is 24.8 Å². The fourth-order valence-electron chi connectivity index (χ4n) is 5.97. The van der Waals surface area contributed by atoms with E-state index in [1.807, 2.05) is 0 Å². The Balaban J connectivity index is 1.31. The molecule has 0 bridgehead atoms. The molecule has 2 amide bonds. The van der Waals surface area contributed by atoms with E-state index in [-0.39, 0.29) is 28.3 Å². The molecule has 0 aliphatic carbocycles. The number of benzene rings is 3. The summed E-state index contributed by atoms with van der Waals surface area (Å²) in [5.41, 5.74) is 5.88. The van der Waals surface area contributed by atoms with Crippen molar-refractivity contribution >= 4 is 45.5 Å². The highest BCUT2D eigenvalue weighted by molar-refractivity contribution is 7.94. The second-order valence-electron chi connectivity index (χ2n) is 11.8. The second kappa shape index (κ2) is 13.5. The highest BCUT2D eigenvalue weighted by Crippen LogP contribution is 2.50. The fourth-order valence-corrected chi connectivity index (χ4v) is 8.24. The second-order valence-corrected chi connectivity index (χ2v) is 14.2. The monoisotopic (exact) mass is 712 g/mol. The van der Waals surface area contributed by atoms with Crippen LogP contribution in [0.25, 0.3) is 6.08 Å². The van der Waals surface area contributed by atoms with Gasteiger partial charge in [-0.3, -0.25) is 19.9 Å². The number of hydrogen-bond acceptors (Lipinski definition) is 12. The zero-order valence-corrected chi connectivity index (χ0v) is 27.5. The van der Waals surface area contributed by atoms with E-state index in [1.54, 1.807) is 60.7 Å². The summed E-state index contributed by atoms with van der Waals surface area (Å²) < 4.78 is 42.4. The van der Waals surface area contributed by atoms with Crippen molar-refractivity contribution in [3.8, 4) is 5.75 Å². The highest BCUT2D eigenvalue weighted by atomic mass is 32.2. The van der Waals surface area contributed by atoms with E-state index in [9.17, 15) is 37.7 Å². The van der Waals surface area contributed by atoms with Gasteiger partial charge in [0.05, 0.1) is 21.8 Å². The number of nitrogens with two attached hydrogens (primary N) is 1. The SMILES string of the molecule is C[C@]1(COC(N)=O)[C@H](C(=O)OC(c2ccccc2)c2ccccc2)N2C(=O)/C(=C/c3cc(C(=O)Oc4ccc([N+](=O)[O-])cc4)ccn3)[C@H]2S1(=O)=O. The number of nitro benzene ring substituents is 1. The quantitative estimate of drug-likeness (QED) is 0.0621. The highest BCUT2D eigenvalue weighted by Gasteiger charge is 2.73. The van der Waals surface area contributed by atoms with E-state index < -0.39 is 67.6 Å². The maximum Gasteiger partial charge on any atom is 0.404 e. The molecular formula is C35H28N4O11S. The summed E-state index contributed by atoms with van der Waals surface area (Å²) in [7, 11) is -4.53. The normalized spacial score (nSPS) is 21.0. The molecule has 0 spiro atoms. The molecular weight excluding hydrogens is 684 g/mol. The molecule has 0 saturated carbocycles. The lowest BCUT2D eigenvalue weighted by atomic mass is 9.93. The average Bonchev–Trinajstić information content (AvgIpc) is 3.29. The van der Waals surface area contributed by atoms with Crippen LogP contribution in [-0.2, 0) is 28.9 Å². The number of nitro groups is 1. The summed E-state index contributed by atoms with van der Waals surface area (Å²) in [5.74, 6) is -2.71. The van der Waals surface area contributed by atoms with Crippen molar-refractivity contribution in [1.82, 2.24) is 9.88 Å². The minimum absolute atomic E-state index is 0.0145. The number of aromatic nitrogens is 1. The van der Waals surface area contributed by atoms with Gasteiger partial charge in [-0.1, -0.05) is 60.7 Å². The van der Waals surface area contributed by atoms with E-state index in [2.05, 4.69) is 4.98 Å². The molecule has 2 aliphatic heterocycles. The summed E-state index contributed by atoms with van der Waals surface area (Å²) >= 11 is 0. The molecule has 2 fully saturated rings. The van der Waals surface area contributed by atoms with E-state index in [0.29, 0.717) is 11.1 Å². The smallest absolute Gasteiger partial charge is 0.404 e. The summed E-state index contributed by atoms with van der Waals surface area (Å²) in [6, 6.07) is 23.1. The molecule has 3 aromatic carbocycles. The topological polar surface area (TPSA) is 215 Å². The third-order valence-electron chi connectivity index (χ3n) is 8.54. The van der Waals surface area contributed by atoms with Crippen LogP contribution < -0.4 is 10.5 Å². The number of ether oxygens (including phenoxy) is 3. The average molecular weight is 713 g/mol. The summed E-state index contributed by atoms with van der Waals surface area (Å²) in [6.07, 6.45) is 0.139. The van der Waals surface area contributed by atoms with E-state index in [0.717, 1.165) is 17.0 Å². The van der Waals surface area contributed by atoms with Gasteiger partial charge in [-0.25, -0.2) is 22.8 Å². The van der Waals surface area contributed by atoms with Crippen LogP contribution in [0.1, 0.15) is 40.2 Å². The van der Waals surface area contributed by atoms with Crippen LogP contribution in [-0.4, -0.2) is 69.9 Å². The molecule has 51 heavy (non-hydrogen) atoms. The Morgan fingerprint density at radius 3 is 2.18 bits per heavy atom. The molecule has 260 valence electrons. The van der Waals surface area contributed by atoms with Crippen molar-refractivity contribution < 1.29 is 46.7 Å². The Labute approximate surface area is 290 Å². The predicted molar refractivity (Wildman–Crippen MR) is 178 cm³/mol. The van der Waals surface area contributed by atoms with Crippen LogP contribution in [0.4, 0.5) is 10.5 Å². The molecule has 2 aliphatic rings. The van der Waals surface area contributed by atoms with E-state index in [1.165, 1.54) is 43.5 Å². The predicted octanol–water partition coefficient (Wildman–Crippen LogP) is 3.74. The number of hydrogen-bond donors (Lipinski definition) is 1. The number of primary amides is 1. The number of β-lactam (4-membered cyclic amide) rings is 1. The van der Waals surface area contributed by atoms with Crippen molar-refractivity contribution in [2.75, 3.05) is 6.61 Å². The molecule has 0 radical (unpaired) electrons. The number of carbonyl (C=O) groups excluding carboxylic acids is 4. The summed E-state index contributed by atoms with van der Waals surface area (Å²) in [4.78, 5) is 67.6. The number of carbonyl (C=O) groups is 4. The standard InChI is InChI=1S/C35H28N4O11S/c1-35(20-48-34(36)43)29(33(42)50-28(21-8-4-2-5-9-21)22-10-6-3-7-11-22)38-30(40)27(31(38)51(35,46)47)19-24-18-23(16-17-37-24)32(41)49-26-14-12-25(13-15-26)39(44)45/h2-19,28-29,31H,20H2,1H3,(H2,36,43)/b27-19-/t29-,31+,35-/m0/s1. The number of esters is 2. The van der Waals surface area contributed by atoms with E-state index >= 15 is 0 Å². The van der Waals surface area contributed by atoms with Crippen LogP contribution in [0, 0.1) is 10.1 Å². The Hall–Kier alpha value is -6.42. The lowest BCUT2D eigenvalue weighted by molar-refractivity contribution is -0.384. The number of fused-ring (bicyclic) bond motifs is 1. The maximum atomic E-state index is 14.2. The molecule has 15 nitrogen and oxygen atoms in total. The molecule has 2 saturated heterocycles. The third-order valence-corrected chi connectivity index (χ3v) is 11.3. The minimum Gasteiger partial charge on any atom is -0.451 e. The first kappa shape index (κ1) is 34.4. The van der Waals surface area contributed by atoms with Crippen LogP contribution >= 0.6 is 0 Å². The molecule has 16 heteroatoms. The minimum atomic E-state index is -4.53. The molecule has 3 heterocycles. The number of rotatable bonds is 10. The first-order valence-corrected chi connectivity index (χ1v) is 16.8. The van der Waals surface area contributed by atoms with Crippen molar-refractivity contribution in [2.45, 2.75) is 29.2 Å². The Bertz CT molecular complexity index is 2140. The zero-order chi connectivity index (χ0) is 36.5. The van der Waals surface area contributed by atoms with Crippen molar-refractivity contribution in [1.29, 1.82) is 0 Å². The maximum absolute atomic E-state index is 14.2. The number of nitrogens with zero attached hydrogens (tertiary/aromatic N) is 3. The first-order valence-electron chi connectivity index (χ1n) is 15.2. The van der Waals surface area contributed by atoms with Gasteiger partial charge >= 0.3 is 18.0 Å². The van der Waals surface area contributed by atoms with Crippen molar-refractivity contribution in [3.63, 3.8) is 0 Å². The Morgan fingerprint density at radius 2 is 1.61 bits per heavy atom. The van der Waals surface area contributed by atoms with Gasteiger partial charge in [0.15, 0.2) is 27.4 Å². The third kappa shape index (κ3) is 6.39. The van der Waals surface area contributed by atoms with Gasteiger partial charge in [-0.2, -0.15) is 0 Å². The number of amides is 2. The first-order chi connectivity index (χ1) is 24.3. The fraction of sp³-hybridized carbons (Fsp3) is 0.171. The lowest BCUT2D eigenvalue weighted by Crippen LogP contribution is -2.60. The van der Waals surface area contributed by atoms with Crippen LogP contribution in [0.5, 0.6) is 5.75 Å². The largest absolute Gasteiger partial charge is 0.451 e. The van der Waals surface area contributed by atoms with E-state index in [4.69, 9.17) is 19.9 Å². The number of non-ortho nitro benzene ring substituents is 1. The summed E-state index contributed by atoms with van der Waals surface area (Å²) in [6.45, 7) is 0.315.